The molecule has 0 N–H and O–H groups in total. The van der Waals surface area contributed by atoms with E-state index in [9.17, 15) is 4.79 Å². The van der Waals surface area contributed by atoms with Gasteiger partial charge in [0.1, 0.15) is 6.29 Å². The first-order chi connectivity index (χ1) is 6.56. The maximum atomic E-state index is 10.4. The zero-order chi connectivity index (χ0) is 10.7. The highest BCUT2D eigenvalue weighted by atomic mass is 35.5. The number of halogens is 3. The molecule has 0 saturated heterocycles. The summed E-state index contributed by atoms with van der Waals surface area (Å²) in [5.74, 6) is 0. The van der Waals surface area contributed by atoms with Gasteiger partial charge in [-0.25, -0.2) is 0 Å². The van der Waals surface area contributed by atoms with Crippen molar-refractivity contribution in [3.05, 3.63) is 33.3 Å². The smallest absolute Gasteiger partial charge is 0.138 e. The first kappa shape index (κ1) is 11.8. The van der Waals surface area contributed by atoms with Gasteiger partial charge in [-0.15, -0.1) is 11.6 Å². The van der Waals surface area contributed by atoms with Crippen molar-refractivity contribution in [3.8, 4) is 0 Å². The fraction of sp³-hybridized carbons (Fsp3) is 0.300. The van der Waals surface area contributed by atoms with Crippen LogP contribution in [0.15, 0.2) is 12.1 Å². The maximum absolute atomic E-state index is 10.4. The van der Waals surface area contributed by atoms with Gasteiger partial charge in [-0.2, -0.15) is 0 Å². The lowest BCUT2D eigenvalue weighted by molar-refractivity contribution is -0.107. The van der Waals surface area contributed by atoms with Crippen LogP contribution in [-0.4, -0.2) is 11.7 Å². The molecule has 0 heterocycles. The second-order valence-electron chi connectivity index (χ2n) is 3.01. The van der Waals surface area contributed by atoms with E-state index in [1.165, 1.54) is 0 Å². The topological polar surface area (TPSA) is 17.1 Å². The highest BCUT2D eigenvalue weighted by Gasteiger charge is 2.12. The molecule has 1 nitrogen and oxygen atoms in total. The lowest BCUT2D eigenvalue weighted by atomic mass is 10.1. The summed E-state index contributed by atoms with van der Waals surface area (Å²) in [4.78, 5) is 10.4. The number of carbonyl (C=O) groups excluding carboxylic acids is 1. The number of rotatable bonds is 3. The van der Waals surface area contributed by atoms with E-state index in [0.717, 1.165) is 11.1 Å². The van der Waals surface area contributed by atoms with Crippen molar-refractivity contribution in [2.75, 3.05) is 0 Å². The Hall–Kier alpha value is -0.240. The minimum Gasteiger partial charge on any atom is -0.302 e. The Balaban J connectivity index is 3.06. The van der Waals surface area contributed by atoms with Gasteiger partial charge in [0.05, 0.1) is 5.38 Å². The van der Waals surface area contributed by atoms with Crippen molar-refractivity contribution in [1.29, 1.82) is 0 Å². The average molecular weight is 252 g/mol. The van der Waals surface area contributed by atoms with Crippen molar-refractivity contribution in [2.45, 2.75) is 18.7 Å². The Morgan fingerprint density at radius 2 is 2.07 bits per heavy atom. The summed E-state index contributed by atoms with van der Waals surface area (Å²) >= 11 is 17.7. The Bertz CT molecular complexity index is 349. The molecule has 76 valence electrons. The third kappa shape index (κ3) is 2.63. The molecular formula is C10H9Cl3O. The van der Waals surface area contributed by atoms with Crippen LogP contribution in [0.3, 0.4) is 0 Å². The molecule has 1 rings (SSSR count). The zero-order valence-electron chi connectivity index (χ0n) is 7.56. The molecular weight excluding hydrogens is 242 g/mol. The molecule has 0 fully saturated rings. The first-order valence-electron chi connectivity index (χ1n) is 4.09. The van der Waals surface area contributed by atoms with Gasteiger partial charge in [0, 0.05) is 10.0 Å². The molecule has 1 atom stereocenters. The Morgan fingerprint density at radius 1 is 1.43 bits per heavy atom. The van der Waals surface area contributed by atoms with Gasteiger partial charge in [-0.3, -0.25) is 0 Å². The van der Waals surface area contributed by atoms with Gasteiger partial charge in [0.2, 0.25) is 0 Å². The molecule has 14 heavy (non-hydrogen) atoms. The molecule has 1 aromatic rings. The van der Waals surface area contributed by atoms with E-state index in [1.807, 2.05) is 13.0 Å². The molecule has 0 radical (unpaired) electrons. The van der Waals surface area contributed by atoms with E-state index in [0.29, 0.717) is 22.8 Å². The second-order valence-corrected chi connectivity index (χ2v) is 4.36. The zero-order valence-corrected chi connectivity index (χ0v) is 9.83. The summed E-state index contributed by atoms with van der Waals surface area (Å²) in [5.41, 5.74) is 1.67. The molecule has 0 aromatic heterocycles. The molecule has 0 aliphatic carbocycles. The standard InChI is InChI=1S/C10H9Cl3O/c1-6-2-3-9(12)8(10(6)13)4-7(11)5-14/h2-3,5,7H,4H2,1H3. The summed E-state index contributed by atoms with van der Waals surface area (Å²) in [5, 5.41) is 0.560. The van der Waals surface area contributed by atoms with Crippen LogP contribution in [0, 0.1) is 6.92 Å². The molecule has 0 saturated carbocycles. The molecule has 0 aliphatic heterocycles. The number of benzene rings is 1. The van der Waals surface area contributed by atoms with Crippen LogP contribution < -0.4 is 0 Å². The van der Waals surface area contributed by atoms with E-state index in [1.54, 1.807) is 6.07 Å². The van der Waals surface area contributed by atoms with Gasteiger partial charge in [-0.05, 0) is 30.5 Å². The van der Waals surface area contributed by atoms with Crippen LogP contribution in [-0.2, 0) is 11.2 Å². The highest BCUT2D eigenvalue weighted by molar-refractivity contribution is 6.36. The summed E-state index contributed by atoms with van der Waals surface area (Å²) in [6, 6.07) is 3.59. The molecule has 0 aliphatic rings. The van der Waals surface area contributed by atoms with Crippen LogP contribution in [0.5, 0.6) is 0 Å². The minimum atomic E-state index is -0.577. The molecule has 0 amide bonds. The monoisotopic (exact) mass is 250 g/mol. The summed E-state index contributed by atoms with van der Waals surface area (Å²) in [6.45, 7) is 1.88. The second kappa shape index (κ2) is 5.01. The van der Waals surface area contributed by atoms with E-state index in [2.05, 4.69) is 0 Å². The fourth-order valence-corrected chi connectivity index (χ4v) is 1.82. The Morgan fingerprint density at radius 3 is 2.64 bits per heavy atom. The van der Waals surface area contributed by atoms with Gasteiger partial charge < -0.3 is 4.79 Å². The van der Waals surface area contributed by atoms with Crippen molar-refractivity contribution in [1.82, 2.24) is 0 Å². The molecule has 0 bridgehead atoms. The molecule has 1 unspecified atom stereocenters. The predicted molar refractivity (Wildman–Crippen MR) is 60.6 cm³/mol. The minimum absolute atomic E-state index is 0.365. The largest absolute Gasteiger partial charge is 0.302 e. The fourth-order valence-electron chi connectivity index (χ4n) is 1.14. The maximum Gasteiger partial charge on any atom is 0.138 e. The predicted octanol–water partition coefficient (Wildman–Crippen LogP) is 3.65. The summed E-state index contributed by atoms with van der Waals surface area (Å²) in [6.07, 6.45) is 1.04. The number of hydrogen-bond donors (Lipinski definition) is 0. The van der Waals surface area contributed by atoms with Gasteiger partial charge in [0.15, 0.2) is 0 Å². The third-order valence-electron chi connectivity index (χ3n) is 1.93. The summed E-state index contributed by atoms with van der Waals surface area (Å²) in [7, 11) is 0. The first-order valence-corrected chi connectivity index (χ1v) is 5.28. The van der Waals surface area contributed by atoms with Crippen LogP contribution in [0.2, 0.25) is 10.0 Å². The van der Waals surface area contributed by atoms with E-state index < -0.39 is 5.38 Å². The number of carbonyl (C=O) groups is 1. The SMILES string of the molecule is Cc1ccc(Cl)c(CC(Cl)C=O)c1Cl. The van der Waals surface area contributed by atoms with Crippen LogP contribution in [0.4, 0.5) is 0 Å². The van der Waals surface area contributed by atoms with Crippen molar-refractivity contribution >= 4 is 41.1 Å². The van der Waals surface area contributed by atoms with E-state index >= 15 is 0 Å². The number of hydrogen-bond acceptors (Lipinski definition) is 1. The Labute approximate surface area is 98.0 Å². The normalized spacial score (nSPS) is 12.6. The van der Waals surface area contributed by atoms with E-state index in [4.69, 9.17) is 34.8 Å². The molecule has 4 heteroatoms. The van der Waals surface area contributed by atoms with Crippen molar-refractivity contribution < 1.29 is 4.79 Å². The number of alkyl halides is 1. The number of aryl methyl sites for hydroxylation is 1. The lowest BCUT2D eigenvalue weighted by Crippen LogP contribution is -2.05. The summed E-state index contributed by atoms with van der Waals surface area (Å²) < 4.78 is 0. The average Bonchev–Trinajstić information content (AvgIpc) is 2.18. The van der Waals surface area contributed by atoms with Crippen LogP contribution in [0.25, 0.3) is 0 Å². The Kier molecular flexibility index (Phi) is 4.24. The van der Waals surface area contributed by atoms with Crippen molar-refractivity contribution in [2.24, 2.45) is 0 Å². The molecule has 0 spiro atoms. The number of aldehydes is 1. The quantitative estimate of drug-likeness (QED) is 0.592. The highest BCUT2D eigenvalue weighted by Crippen LogP contribution is 2.29. The molecule has 1 aromatic carbocycles. The van der Waals surface area contributed by atoms with Gasteiger partial charge in [-0.1, -0.05) is 29.3 Å². The van der Waals surface area contributed by atoms with Crippen molar-refractivity contribution in [3.63, 3.8) is 0 Å². The van der Waals surface area contributed by atoms with Crippen LogP contribution in [0.1, 0.15) is 11.1 Å². The lowest BCUT2D eigenvalue weighted by Gasteiger charge is -2.09. The van der Waals surface area contributed by atoms with Gasteiger partial charge in [0.25, 0.3) is 0 Å². The third-order valence-corrected chi connectivity index (χ3v) is 3.06. The van der Waals surface area contributed by atoms with Crippen LogP contribution >= 0.6 is 34.8 Å². The van der Waals surface area contributed by atoms with Gasteiger partial charge >= 0.3 is 0 Å². The van der Waals surface area contributed by atoms with E-state index in [-0.39, 0.29) is 0 Å².